The molecular weight excluding hydrogens is 450 g/mol. The Labute approximate surface area is 195 Å². The molecule has 2 rings (SSSR count). The van der Waals surface area contributed by atoms with Crippen molar-refractivity contribution in [2.45, 2.75) is 46.3 Å². The van der Waals surface area contributed by atoms with E-state index in [2.05, 4.69) is 5.32 Å². The first-order valence-corrected chi connectivity index (χ1v) is 12.5. The summed E-state index contributed by atoms with van der Waals surface area (Å²) in [7, 11) is -3.81. The lowest BCUT2D eigenvalue weighted by atomic mass is 10.1. The van der Waals surface area contributed by atoms with Gasteiger partial charge in [-0.2, -0.15) is 0 Å². The van der Waals surface area contributed by atoms with Crippen LogP contribution in [0.4, 0.5) is 5.69 Å². The van der Waals surface area contributed by atoms with E-state index in [0.29, 0.717) is 0 Å². The maximum Gasteiger partial charge on any atom is 0.244 e. The first kappa shape index (κ1) is 25.7. The van der Waals surface area contributed by atoms with Gasteiger partial charge in [-0.25, -0.2) is 8.42 Å². The number of carbonyl (C=O) groups excluding carboxylic acids is 2. The third-order valence-electron chi connectivity index (χ3n) is 4.87. The molecule has 0 saturated heterocycles. The fraction of sp³-hybridized carbons (Fsp3) is 0.391. The van der Waals surface area contributed by atoms with Gasteiger partial charge in [0.2, 0.25) is 21.8 Å². The van der Waals surface area contributed by atoms with Crippen LogP contribution in [0.2, 0.25) is 5.02 Å². The van der Waals surface area contributed by atoms with Crippen LogP contribution in [0.3, 0.4) is 0 Å². The summed E-state index contributed by atoms with van der Waals surface area (Å²) >= 11 is 6.21. The van der Waals surface area contributed by atoms with Crippen LogP contribution in [0.5, 0.6) is 0 Å². The zero-order valence-electron chi connectivity index (χ0n) is 19.0. The van der Waals surface area contributed by atoms with Gasteiger partial charge in [-0.3, -0.25) is 13.9 Å². The third kappa shape index (κ3) is 6.97. The van der Waals surface area contributed by atoms with Gasteiger partial charge >= 0.3 is 0 Å². The van der Waals surface area contributed by atoms with E-state index in [1.165, 1.54) is 11.0 Å². The summed E-state index contributed by atoms with van der Waals surface area (Å²) in [4.78, 5) is 27.5. The highest BCUT2D eigenvalue weighted by atomic mass is 35.5. The van der Waals surface area contributed by atoms with Crippen molar-refractivity contribution < 1.29 is 18.0 Å². The Hall–Kier alpha value is -2.58. The molecule has 0 bridgehead atoms. The van der Waals surface area contributed by atoms with Crippen molar-refractivity contribution in [2.75, 3.05) is 17.1 Å². The standard InChI is InChI=1S/C23H30ClN3O4S/c1-16(2)25-23(29)18(4)26(14-19-12-10-17(3)11-13-19)22(28)15-27(32(5,30)31)21-9-7-6-8-20(21)24/h6-13,16,18H,14-15H2,1-5H3,(H,25,29)/t18-/m0/s1. The monoisotopic (exact) mass is 479 g/mol. The number of aryl methyl sites for hydroxylation is 1. The molecule has 0 aliphatic rings. The SMILES string of the molecule is Cc1ccc(CN(C(=O)CN(c2ccccc2Cl)S(C)(=O)=O)[C@@H](C)C(=O)NC(C)C)cc1. The summed E-state index contributed by atoms with van der Waals surface area (Å²) in [6, 6.07) is 13.1. The lowest BCUT2D eigenvalue weighted by molar-refractivity contribution is -0.139. The number of hydrogen-bond acceptors (Lipinski definition) is 4. The molecule has 2 aromatic rings. The number of halogens is 1. The Balaban J connectivity index is 2.39. The molecule has 0 unspecified atom stereocenters. The largest absolute Gasteiger partial charge is 0.352 e. The molecule has 0 aliphatic carbocycles. The van der Waals surface area contributed by atoms with Crippen LogP contribution >= 0.6 is 11.6 Å². The van der Waals surface area contributed by atoms with Crippen molar-refractivity contribution in [2.24, 2.45) is 0 Å². The van der Waals surface area contributed by atoms with Crippen molar-refractivity contribution in [1.29, 1.82) is 0 Å². The van der Waals surface area contributed by atoms with Gasteiger partial charge < -0.3 is 10.2 Å². The Kier molecular flexibility index (Phi) is 8.69. The fourth-order valence-corrected chi connectivity index (χ4v) is 4.28. The number of rotatable bonds is 9. The molecule has 0 radical (unpaired) electrons. The van der Waals surface area contributed by atoms with Crippen LogP contribution in [0.25, 0.3) is 0 Å². The molecule has 1 atom stereocenters. The summed E-state index contributed by atoms with van der Waals surface area (Å²) < 4.78 is 26.0. The van der Waals surface area contributed by atoms with Gasteiger partial charge in [0.1, 0.15) is 12.6 Å². The van der Waals surface area contributed by atoms with Gasteiger partial charge in [0.05, 0.1) is 17.0 Å². The topological polar surface area (TPSA) is 86.8 Å². The van der Waals surface area contributed by atoms with E-state index in [1.54, 1.807) is 25.1 Å². The fourth-order valence-electron chi connectivity index (χ4n) is 3.13. The van der Waals surface area contributed by atoms with E-state index in [-0.39, 0.29) is 29.2 Å². The minimum atomic E-state index is -3.81. The number of benzene rings is 2. The lowest BCUT2D eigenvalue weighted by Gasteiger charge is -2.32. The summed E-state index contributed by atoms with van der Waals surface area (Å²) in [5, 5.41) is 3.02. The van der Waals surface area contributed by atoms with Crippen LogP contribution in [0.15, 0.2) is 48.5 Å². The molecule has 1 N–H and O–H groups in total. The molecular formula is C23H30ClN3O4S. The average Bonchev–Trinajstić information content (AvgIpc) is 2.70. The number of nitrogens with zero attached hydrogens (tertiary/aromatic N) is 2. The van der Waals surface area contributed by atoms with Crippen LogP contribution in [-0.4, -0.2) is 50.0 Å². The van der Waals surface area contributed by atoms with Crippen LogP contribution in [0, 0.1) is 6.92 Å². The van der Waals surface area contributed by atoms with Gasteiger partial charge in [-0.05, 0) is 45.4 Å². The minimum Gasteiger partial charge on any atom is -0.352 e. The molecule has 2 amide bonds. The number of hydrogen-bond donors (Lipinski definition) is 1. The third-order valence-corrected chi connectivity index (χ3v) is 6.32. The van der Waals surface area contributed by atoms with Gasteiger partial charge in [-0.1, -0.05) is 53.6 Å². The van der Waals surface area contributed by atoms with Crippen LogP contribution in [0.1, 0.15) is 31.9 Å². The van der Waals surface area contributed by atoms with Gasteiger partial charge in [0.25, 0.3) is 0 Å². The molecule has 9 heteroatoms. The zero-order valence-corrected chi connectivity index (χ0v) is 20.6. The molecule has 0 heterocycles. The Morgan fingerprint density at radius 2 is 1.62 bits per heavy atom. The first-order valence-electron chi connectivity index (χ1n) is 10.3. The van der Waals surface area contributed by atoms with Crippen molar-refractivity contribution in [3.8, 4) is 0 Å². The number of amides is 2. The van der Waals surface area contributed by atoms with Gasteiger partial charge in [0, 0.05) is 12.6 Å². The second-order valence-electron chi connectivity index (χ2n) is 8.07. The zero-order chi connectivity index (χ0) is 24.1. The molecule has 0 spiro atoms. The van der Waals surface area contributed by atoms with Gasteiger partial charge in [0.15, 0.2) is 0 Å². The molecule has 0 aliphatic heterocycles. The quantitative estimate of drug-likeness (QED) is 0.597. The van der Waals surface area contributed by atoms with Crippen LogP contribution in [-0.2, 0) is 26.2 Å². The van der Waals surface area contributed by atoms with E-state index in [1.807, 2.05) is 45.0 Å². The second-order valence-corrected chi connectivity index (χ2v) is 10.4. The highest BCUT2D eigenvalue weighted by molar-refractivity contribution is 7.92. The van der Waals surface area contributed by atoms with Crippen LogP contribution < -0.4 is 9.62 Å². The van der Waals surface area contributed by atoms with Crippen molar-refractivity contribution in [1.82, 2.24) is 10.2 Å². The van der Waals surface area contributed by atoms with Crippen molar-refractivity contribution in [3.63, 3.8) is 0 Å². The average molecular weight is 480 g/mol. The van der Waals surface area contributed by atoms with E-state index in [0.717, 1.165) is 21.7 Å². The summed E-state index contributed by atoms with van der Waals surface area (Å²) in [5.74, 6) is -0.827. The van der Waals surface area contributed by atoms with E-state index >= 15 is 0 Å². The van der Waals surface area contributed by atoms with Crippen molar-refractivity contribution >= 4 is 39.1 Å². The number of nitrogens with one attached hydrogen (secondary N) is 1. The van der Waals surface area contributed by atoms with E-state index in [9.17, 15) is 18.0 Å². The molecule has 174 valence electrons. The minimum absolute atomic E-state index is 0.100. The second kappa shape index (κ2) is 10.8. The molecule has 32 heavy (non-hydrogen) atoms. The summed E-state index contributed by atoms with van der Waals surface area (Å²) in [6.45, 7) is 6.93. The number of sulfonamides is 1. The Bertz CT molecular complexity index is 1060. The predicted octanol–water partition coefficient (Wildman–Crippen LogP) is 3.36. The Morgan fingerprint density at radius 3 is 2.16 bits per heavy atom. The predicted molar refractivity (Wildman–Crippen MR) is 128 cm³/mol. The molecule has 0 saturated carbocycles. The highest BCUT2D eigenvalue weighted by Crippen LogP contribution is 2.27. The highest BCUT2D eigenvalue weighted by Gasteiger charge is 2.30. The maximum absolute atomic E-state index is 13.4. The first-order chi connectivity index (χ1) is 14.9. The van der Waals surface area contributed by atoms with E-state index in [4.69, 9.17) is 11.6 Å². The summed E-state index contributed by atoms with van der Waals surface area (Å²) in [5.41, 5.74) is 2.11. The smallest absolute Gasteiger partial charge is 0.244 e. The van der Waals surface area contributed by atoms with Crippen molar-refractivity contribution in [3.05, 3.63) is 64.7 Å². The number of para-hydroxylation sites is 1. The Morgan fingerprint density at radius 1 is 1.03 bits per heavy atom. The molecule has 2 aromatic carbocycles. The molecule has 0 aromatic heterocycles. The van der Waals surface area contributed by atoms with Gasteiger partial charge in [-0.15, -0.1) is 0 Å². The number of anilines is 1. The maximum atomic E-state index is 13.4. The molecule has 7 nitrogen and oxygen atoms in total. The summed E-state index contributed by atoms with van der Waals surface area (Å²) in [6.07, 6.45) is 1.02. The molecule has 0 fully saturated rings. The number of carbonyl (C=O) groups is 2. The normalized spacial score (nSPS) is 12.3. The van der Waals surface area contributed by atoms with E-state index < -0.39 is 28.5 Å². The lowest BCUT2D eigenvalue weighted by Crippen LogP contribution is -2.52.